The van der Waals surface area contributed by atoms with Crippen LogP contribution in [0.25, 0.3) is 0 Å². The maximum Gasteiger partial charge on any atom is 0.187 e. The van der Waals surface area contributed by atoms with Gasteiger partial charge >= 0.3 is 0 Å². The minimum absolute atomic E-state index is 0.548. The van der Waals surface area contributed by atoms with E-state index in [0.29, 0.717) is 15.7 Å². The Kier molecular flexibility index (Phi) is 4.97. The molecule has 0 radical (unpaired) electrons. The van der Waals surface area contributed by atoms with Gasteiger partial charge in [-0.15, -0.1) is 0 Å². The van der Waals surface area contributed by atoms with Gasteiger partial charge in [0.1, 0.15) is 21.4 Å². The van der Waals surface area contributed by atoms with Gasteiger partial charge in [0.2, 0.25) is 0 Å². The van der Waals surface area contributed by atoms with Crippen LogP contribution in [-0.2, 0) is 0 Å². The molecule has 1 aliphatic heterocycles. The quantitative estimate of drug-likeness (QED) is 0.825. The zero-order valence-electron chi connectivity index (χ0n) is 13.0. The number of nitrogens with zero attached hydrogens (tertiary/aromatic N) is 2. The third-order valence-corrected chi connectivity index (χ3v) is 5.07. The van der Waals surface area contributed by atoms with E-state index >= 15 is 0 Å². The summed E-state index contributed by atoms with van der Waals surface area (Å²) in [7, 11) is 1.64. The average molecular weight is 348 g/mol. The highest BCUT2D eigenvalue weighted by atomic mass is 32.1. The van der Waals surface area contributed by atoms with Gasteiger partial charge in [-0.1, -0.05) is 23.6 Å². The number of hydrogen-bond acceptors (Lipinski definition) is 6. The second-order valence-electron chi connectivity index (χ2n) is 5.44. The number of rotatable bonds is 4. The van der Waals surface area contributed by atoms with E-state index in [2.05, 4.69) is 15.2 Å². The molecule has 2 aromatic rings. The Hall–Kier alpha value is -1.86. The van der Waals surface area contributed by atoms with E-state index in [-0.39, 0.29) is 0 Å². The van der Waals surface area contributed by atoms with E-state index < -0.39 is 0 Å². The Morgan fingerprint density at radius 3 is 2.61 bits per heavy atom. The summed E-state index contributed by atoms with van der Waals surface area (Å²) in [5, 5.41) is 4.82. The largest absolute Gasteiger partial charge is 0.497 e. The molecule has 7 heteroatoms. The molecule has 0 unspecified atom stereocenters. The molecular formula is C16H20N4OS2. The molecule has 0 amide bonds. The lowest BCUT2D eigenvalue weighted by Crippen LogP contribution is -2.29. The minimum atomic E-state index is 0.548. The number of thiocarbonyl (C=S) groups is 1. The monoisotopic (exact) mass is 348 g/mol. The van der Waals surface area contributed by atoms with E-state index in [1.165, 1.54) is 30.6 Å². The fourth-order valence-corrected chi connectivity index (χ4v) is 3.80. The van der Waals surface area contributed by atoms with E-state index in [4.69, 9.17) is 22.7 Å². The molecule has 1 fully saturated rings. The van der Waals surface area contributed by atoms with Crippen molar-refractivity contribution in [1.29, 1.82) is 0 Å². The molecule has 1 aromatic carbocycles. The number of nitrogen functional groups attached to an aromatic ring is 1. The summed E-state index contributed by atoms with van der Waals surface area (Å²) in [5.74, 6) is 0.807. The number of nitrogens with two attached hydrogens (primary N) is 1. The van der Waals surface area contributed by atoms with Gasteiger partial charge in [-0.3, -0.25) is 0 Å². The smallest absolute Gasteiger partial charge is 0.187 e. The summed E-state index contributed by atoms with van der Waals surface area (Å²) in [5.41, 5.74) is 7.69. The lowest BCUT2D eigenvalue weighted by molar-refractivity contribution is 0.415. The van der Waals surface area contributed by atoms with Crippen molar-refractivity contribution in [1.82, 2.24) is 4.98 Å². The Morgan fingerprint density at radius 2 is 1.96 bits per heavy atom. The van der Waals surface area contributed by atoms with Gasteiger partial charge in [0, 0.05) is 18.8 Å². The van der Waals surface area contributed by atoms with Crippen LogP contribution in [0.2, 0.25) is 0 Å². The second-order valence-corrected chi connectivity index (χ2v) is 6.86. The fraction of sp³-hybridized carbons (Fsp3) is 0.375. The average Bonchev–Trinajstić information content (AvgIpc) is 2.98. The van der Waals surface area contributed by atoms with Crippen molar-refractivity contribution in [2.75, 3.05) is 36.1 Å². The minimum Gasteiger partial charge on any atom is -0.497 e. The van der Waals surface area contributed by atoms with E-state index in [1.807, 2.05) is 24.3 Å². The van der Waals surface area contributed by atoms with Crippen LogP contribution in [0.4, 0.5) is 15.8 Å². The summed E-state index contributed by atoms with van der Waals surface area (Å²) >= 11 is 6.98. The number of methoxy groups -OCH3 is 1. The number of benzene rings is 1. The molecule has 0 aliphatic carbocycles. The van der Waals surface area contributed by atoms with Gasteiger partial charge in [-0.2, -0.15) is 0 Å². The maximum atomic E-state index is 6.13. The highest BCUT2D eigenvalue weighted by molar-refractivity contribution is 7.81. The van der Waals surface area contributed by atoms with Crippen LogP contribution >= 0.6 is 23.6 Å². The zero-order valence-corrected chi connectivity index (χ0v) is 14.7. The van der Waals surface area contributed by atoms with Crippen molar-refractivity contribution in [2.45, 2.75) is 19.3 Å². The number of piperidine rings is 1. The standard InChI is InChI=1S/C16H20N4OS2/c1-21-12-7-5-11(6-8-12)18-15(22)13-14(17)23-16(19-13)20-9-3-2-4-10-20/h5-8H,2-4,9-10,17H2,1H3,(H,18,22). The molecular weight excluding hydrogens is 328 g/mol. The van der Waals surface area contributed by atoms with E-state index in [9.17, 15) is 0 Å². The third kappa shape index (κ3) is 3.73. The van der Waals surface area contributed by atoms with Gasteiger partial charge < -0.3 is 20.7 Å². The number of nitrogens with one attached hydrogen (secondary N) is 1. The molecule has 1 saturated heterocycles. The first-order chi connectivity index (χ1) is 11.2. The van der Waals surface area contributed by atoms with Crippen LogP contribution in [-0.4, -0.2) is 30.2 Å². The Bertz CT molecular complexity index is 678. The number of thiazole rings is 1. The van der Waals surface area contributed by atoms with Crippen molar-refractivity contribution in [3.05, 3.63) is 30.0 Å². The maximum absolute atomic E-state index is 6.13. The lowest BCUT2D eigenvalue weighted by atomic mass is 10.1. The number of ether oxygens (including phenoxy) is 1. The lowest BCUT2D eigenvalue weighted by Gasteiger charge is -2.25. The predicted octanol–water partition coefficient (Wildman–Crippen LogP) is 3.51. The summed E-state index contributed by atoms with van der Waals surface area (Å²) in [6.07, 6.45) is 3.72. The molecule has 0 spiro atoms. The molecule has 23 heavy (non-hydrogen) atoms. The topological polar surface area (TPSA) is 63.4 Å². The highest BCUT2D eigenvalue weighted by Gasteiger charge is 2.19. The van der Waals surface area contributed by atoms with Crippen molar-refractivity contribution < 1.29 is 4.74 Å². The molecule has 0 bridgehead atoms. The summed E-state index contributed by atoms with van der Waals surface area (Å²) in [6, 6.07) is 7.60. The van der Waals surface area contributed by atoms with Crippen LogP contribution < -0.4 is 20.7 Å². The molecule has 0 atom stereocenters. The SMILES string of the molecule is COc1ccc(NC(=S)c2nc(N3CCCCC3)sc2N)cc1. The van der Waals surface area contributed by atoms with Crippen LogP contribution in [0, 0.1) is 0 Å². The zero-order chi connectivity index (χ0) is 16.2. The molecule has 1 aliphatic rings. The third-order valence-electron chi connectivity index (χ3n) is 3.83. The summed E-state index contributed by atoms with van der Waals surface area (Å²) in [4.78, 5) is 7.50. The van der Waals surface area contributed by atoms with Crippen LogP contribution in [0.1, 0.15) is 25.0 Å². The van der Waals surface area contributed by atoms with Crippen molar-refractivity contribution in [3.8, 4) is 5.75 Å². The van der Waals surface area contributed by atoms with Gasteiger partial charge in [-0.05, 0) is 43.5 Å². The van der Waals surface area contributed by atoms with Crippen molar-refractivity contribution in [3.63, 3.8) is 0 Å². The van der Waals surface area contributed by atoms with Crippen LogP contribution in [0.3, 0.4) is 0 Å². The summed E-state index contributed by atoms with van der Waals surface area (Å²) in [6.45, 7) is 2.09. The van der Waals surface area contributed by atoms with Gasteiger partial charge in [0.15, 0.2) is 5.13 Å². The number of anilines is 3. The predicted molar refractivity (Wildman–Crippen MR) is 101 cm³/mol. The molecule has 3 rings (SSSR count). The van der Waals surface area contributed by atoms with Crippen LogP contribution in [0.5, 0.6) is 5.75 Å². The van der Waals surface area contributed by atoms with E-state index in [1.54, 1.807) is 7.11 Å². The Balaban J connectivity index is 1.72. The van der Waals surface area contributed by atoms with Gasteiger partial charge in [0.05, 0.1) is 7.11 Å². The second kappa shape index (κ2) is 7.14. The van der Waals surface area contributed by atoms with Crippen LogP contribution in [0.15, 0.2) is 24.3 Å². The number of hydrogen-bond donors (Lipinski definition) is 2. The molecule has 2 heterocycles. The number of aromatic nitrogens is 1. The summed E-state index contributed by atoms with van der Waals surface area (Å²) < 4.78 is 5.15. The molecule has 1 aromatic heterocycles. The van der Waals surface area contributed by atoms with Gasteiger partial charge in [0.25, 0.3) is 0 Å². The van der Waals surface area contributed by atoms with Crippen molar-refractivity contribution >= 4 is 44.4 Å². The van der Waals surface area contributed by atoms with Gasteiger partial charge in [-0.25, -0.2) is 4.98 Å². The van der Waals surface area contributed by atoms with Crippen molar-refractivity contribution in [2.24, 2.45) is 0 Å². The highest BCUT2D eigenvalue weighted by Crippen LogP contribution is 2.31. The van der Waals surface area contributed by atoms with E-state index in [0.717, 1.165) is 29.7 Å². The molecule has 0 saturated carbocycles. The molecule has 122 valence electrons. The first kappa shape index (κ1) is 16.0. The Morgan fingerprint density at radius 1 is 1.26 bits per heavy atom. The first-order valence-corrected chi connectivity index (χ1v) is 8.86. The molecule has 3 N–H and O–H groups in total. The fourth-order valence-electron chi connectivity index (χ4n) is 2.57. The Labute approximate surface area is 145 Å². The first-order valence-electron chi connectivity index (χ1n) is 7.64. The normalized spacial score (nSPS) is 14.6. The molecule has 5 nitrogen and oxygen atoms in total.